The first-order valence-electron chi connectivity index (χ1n) is 10.7. The zero-order chi connectivity index (χ0) is 20.2. The first-order chi connectivity index (χ1) is 14.2. The largest absolute Gasteiger partial charge is 0.326 e. The lowest BCUT2D eigenvalue weighted by atomic mass is 9.87. The van der Waals surface area contributed by atoms with Gasteiger partial charge in [0.2, 0.25) is 11.8 Å². The summed E-state index contributed by atoms with van der Waals surface area (Å²) in [5.41, 5.74) is 9.79. The molecule has 6 heteroatoms. The van der Waals surface area contributed by atoms with Gasteiger partial charge in [-0.15, -0.1) is 12.4 Å². The highest BCUT2D eigenvalue weighted by atomic mass is 35.5. The topological polar surface area (TPSA) is 75.4 Å². The molecule has 160 valence electrons. The van der Waals surface area contributed by atoms with Crippen molar-refractivity contribution >= 4 is 35.6 Å². The summed E-state index contributed by atoms with van der Waals surface area (Å²) in [6, 6.07) is 16.0. The third kappa shape index (κ3) is 4.85. The molecule has 2 aromatic rings. The van der Waals surface area contributed by atoms with Crippen LogP contribution >= 0.6 is 12.4 Å². The SMILES string of the molecule is Cl.NCc1cccc([C@H]2CCC[C@H]2C(=O)Nc2ccc(N3CCCCC3=O)cc2)c1. The molecule has 0 unspecified atom stereocenters. The van der Waals surface area contributed by atoms with Crippen LogP contribution in [0.1, 0.15) is 55.6 Å². The normalized spacial score (nSPS) is 21.2. The number of piperidine rings is 1. The Bertz CT molecular complexity index is 884. The zero-order valence-corrected chi connectivity index (χ0v) is 18.0. The minimum absolute atomic E-state index is 0. The van der Waals surface area contributed by atoms with Crippen LogP contribution < -0.4 is 16.0 Å². The van der Waals surface area contributed by atoms with E-state index in [1.807, 2.05) is 41.3 Å². The van der Waals surface area contributed by atoms with Gasteiger partial charge in [-0.1, -0.05) is 30.7 Å². The quantitative estimate of drug-likeness (QED) is 0.731. The van der Waals surface area contributed by atoms with E-state index in [2.05, 4.69) is 17.4 Å². The van der Waals surface area contributed by atoms with Crippen molar-refractivity contribution in [2.24, 2.45) is 11.7 Å². The van der Waals surface area contributed by atoms with Crippen LogP contribution in [0, 0.1) is 5.92 Å². The first kappa shape index (κ1) is 22.3. The molecule has 0 radical (unpaired) electrons. The fourth-order valence-electron chi connectivity index (χ4n) is 4.66. The number of nitrogens with one attached hydrogen (secondary N) is 1. The number of carbonyl (C=O) groups excluding carboxylic acids is 2. The number of carbonyl (C=O) groups is 2. The molecule has 5 nitrogen and oxygen atoms in total. The molecule has 1 saturated carbocycles. The fourth-order valence-corrected chi connectivity index (χ4v) is 4.66. The number of hydrogen-bond donors (Lipinski definition) is 2. The maximum Gasteiger partial charge on any atom is 0.228 e. The predicted octanol–water partition coefficient (Wildman–Crippen LogP) is 4.61. The summed E-state index contributed by atoms with van der Waals surface area (Å²) in [5.74, 6) is 0.479. The van der Waals surface area contributed by atoms with E-state index in [1.54, 1.807) is 0 Å². The van der Waals surface area contributed by atoms with E-state index in [1.165, 1.54) is 5.56 Å². The fraction of sp³-hybridized carbons (Fsp3) is 0.417. The number of anilines is 2. The molecule has 0 bridgehead atoms. The number of nitrogens with zero attached hydrogens (tertiary/aromatic N) is 1. The van der Waals surface area contributed by atoms with Crippen molar-refractivity contribution in [1.29, 1.82) is 0 Å². The number of rotatable bonds is 5. The van der Waals surface area contributed by atoms with Gasteiger partial charge in [0, 0.05) is 36.8 Å². The van der Waals surface area contributed by atoms with Crippen LogP contribution in [0.2, 0.25) is 0 Å². The first-order valence-corrected chi connectivity index (χ1v) is 10.7. The molecule has 1 aliphatic carbocycles. The van der Waals surface area contributed by atoms with Crippen LogP contribution in [0.5, 0.6) is 0 Å². The Balaban J connectivity index is 0.00000256. The Morgan fingerprint density at radius 3 is 2.60 bits per heavy atom. The van der Waals surface area contributed by atoms with Gasteiger partial charge in [-0.25, -0.2) is 0 Å². The van der Waals surface area contributed by atoms with Gasteiger partial charge in [-0.05, 0) is 67.0 Å². The molecule has 0 aromatic heterocycles. The van der Waals surface area contributed by atoms with E-state index < -0.39 is 0 Å². The average molecular weight is 428 g/mol. The van der Waals surface area contributed by atoms with E-state index in [0.717, 1.165) is 55.6 Å². The average Bonchev–Trinajstić information content (AvgIpc) is 3.25. The van der Waals surface area contributed by atoms with Crippen molar-refractivity contribution in [1.82, 2.24) is 0 Å². The second kappa shape index (κ2) is 10.1. The third-order valence-electron chi connectivity index (χ3n) is 6.24. The lowest BCUT2D eigenvalue weighted by molar-refractivity contribution is -0.120. The van der Waals surface area contributed by atoms with Crippen molar-refractivity contribution in [2.45, 2.75) is 51.0 Å². The Morgan fingerprint density at radius 2 is 1.87 bits per heavy atom. The lowest BCUT2D eigenvalue weighted by Crippen LogP contribution is -2.35. The van der Waals surface area contributed by atoms with Crippen molar-refractivity contribution in [3.8, 4) is 0 Å². The van der Waals surface area contributed by atoms with E-state index in [9.17, 15) is 9.59 Å². The van der Waals surface area contributed by atoms with Crippen LogP contribution in [0.25, 0.3) is 0 Å². The second-order valence-electron chi connectivity index (χ2n) is 8.13. The highest BCUT2D eigenvalue weighted by Crippen LogP contribution is 2.40. The second-order valence-corrected chi connectivity index (χ2v) is 8.13. The molecule has 1 saturated heterocycles. The standard InChI is InChI=1S/C24H29N3O2.ClH/c25-16-17-5-3-6-18(15-17)21-7-4-8-22(21)24(29)26-19-10-12-20(13-11-19)27-14-2-1-9-23(27)28;/h3,5-6,10-13,15,21-22H,1-2,4,7-9,14,16,25H2,(H,26,29);1H/t21-,22-;/m1./s1. The molecule has 2 amide bonds. The van der Waals surface area contributed by atoms with Crippen LogP contribution in [0.4, 0.5) is 11.4 Å². The number of benzene rings is 2. The summed E-state index contributed by atoms with van der Waals surface area (Å²) in [4.78, 5) is 26.9. The maximum atomic E-state index is 13.0. The maximum absolute atomic E-state index is 13.0. The smallest absolute Gasteiger partial charge is 0.228 e. The Labute approximate surface area is 184 Å². The molecule has 30 heavy (non-hydrogen) atoms. The van der Waals surface area contributed by atoms with Crippen molar-refractivity contribution in [3.05, 3.63) is 59.7 Å². The lowest BCUT2D eigenvalue weighted by Gasteiger charge is -2.27. The van der Waals surface area contributed by atoms with E-state index in [0.29, 0.717) is 13.0 Å². The van der Waals surface area contributed by atoms with E-state index in [4.69, 9.17) is 5.73 Å². The molecule has 2 atom stereocenters. The Kier molecular flexibility index (Phi) is 7.51. The van der Waals surface area contributed by atoms with Gasteiger partial charge in [0.05, 0.1) is 0 Å². The molecule has 3 N–H and O–H groups in total. The van der Waals surface area contributed by atoms with Crippen LogP contribution in [-0.2, 0) is 16.1 Å². The number of amides is 2. The monoisotopic (exact) mass is 427 g/mol. The minimum Gasteiger partial charge on any atom is -0.326 e. The minimum atomic E-state index is -0.0219. The molecule has 2 aromatic carbocycles. The summed E-state index contributed by atoms with van der Waals surface area (Å²) >= 11 is 0. The molecule has 1 aliphatic heterocycles. The van der Waals surface area contributed by atoms with Gasteiger partial charge in [0.15, 0.2) is 0 Å². The molecule has 2 fully saturated rings. The van der Waals surface area contributed by atoms with Gasteiger partial charge in [0.1, 0.15) is 0 Å². The number of nitrogens with two attached hydrogens (primary N) is 1. The van der Waals surface area contributed by atoms with Gasteiger partial charge in [-0.3, -0.25) is 9.59 Å². The summed E-state index contributed by atoms with van der Waals surface area (Å²) in [5, 5.41) is 3.09. The molecule has 0 spiro atoms. The van der Waals surface area contributed by atoms with E-state index >= 15 is 0 Å². The van der Waals surface area contributed by atoms with Crippen molar-refractivity contribution in [3.63, 3.8) is 0 Å². The van der Waals surface area contributed by atoms with Crippen molar-refractivity contribution in [2.75, 3.05) is 16.8 Å². The molecular formula is C24H30ClN3O2. The molecule has 1 heterocycles. The Hall–Kier alpha value is -2.37. The van der Waals surface area contributed by atoms with Gasteiger partial charge in [0.25, 0.3) is 0 Å². The zero-order valence-electron chi connectivity index (χ0n) is 17.2. The van der Waals surface area contributed by atoms with Gasteiger partial charge in [-0.2, -0.15) is 0 Å². The predicted molar refractivity (Wildman–Crippen MR) is 123 cm³/mol. The summed E-state index contributed by atoms with van der Waals surface area (Å²) < 4.78 is 0. The van der Waals surface area contributed by atoms with Gasteiger partial charge >= 0.3 is 0 Å². The molecule has 2 aliphatic rings. The van der Waals surface area contributed by atoms with Crippen LogP contribution in [-0.4, -0.2) is 18.4 Å². The molecule has 4 rings (SSSR count). The van der Waals surface area contributed by atoms with Crippen molar-refractivity contribution < 1.29 is 9.59 Å². The van der Waals surface area contributed by atoms with E-state index in [-0.39, 0.29) is 36.1 Å². The highest BCUT2D eigenvalue weighted by Gasteiger charge is 2.34. The Morgan fingerprint density at radius 1 is 1.07 bits per heavy atom. The highest BCUT2D eigenvalue weighted by molar-refractivity contribution is 5.95. The summed E-state index contributed by atoms with van der Waals surface area (Å²) in [6.07, 6.45) is 5.63. The van der Waals surface area contributed by atoms with Gasteiger partial charge < -0.3 is 16.0 Å². The third-order valence-corrected chi connectivity index (χ3v) is 6.24. The number of hydrogen-bond acceptors (Lipinski definition) is 3. The number of halogens is 1. The van der Waals surface area contributed by atoms with Crippen LogP contribution in [0.15, 0.2) is 48.5 Å². The molecular weight excluding hydrogens is 398 g/mol. The summed E-state index contributed by atoms with van der Waals surface area (Å²) in [6.45, 7) is 1.29. The van der Waals surface area contributed by atoms with Crippen LogP contribution in [0.3, 0.4) is 0 Å². The summed E-state index contributed by atoms with van der Waals surface area (Å²) in [7, 11) is 0.